The Bertz CT molecular complexity index is 452. The number of ether oxygens (including phenoxy) is 1. The molecular formula is C11H16N4O3. The van der Waals surface area contributed by atoms with Crippen LogP contribution in [0.4, 0.5) is 11.5 Å². The Kier molecular flexibility index (Phi) is 3.61. The van der Waals surface area contributed by atoms with Gasteiger partial charge in [0.1, 0.15) is 0 Å². The molecule has 18 heavy (non-hydrogen) atoms. The van der Waals surface area contributed by atoms with Gasteiger partial charge in [0.05, 0.1) is 12.0 Å². The Morgan fingerprint density at radius 2 is 2.44 bits per heavy atom. The number of aromatic nitrogens is 1. The molecule has 1 atom stereocenters. The largest absolute Gasteiger partial charge is 0.481 e. The van der Waals surface area contributed by atoms with Crippen molar-refractivity contribution < 1.29 is 9.66 Å². The van der Waals surface area contributed by atoms with Crippen molar-refractivity contribution in [2.24, 2.45) is 11.7 Å². The van der Waals surface area contributed by atoms with Crippen molar-refractivity contribution in [2.75, 3.05) is 31.6 Å². The van der Waals surface area contributed by atoms with Gasteiger partial charge in [-0.1, -0.05) is 0 Å². The summed E-state index contributed by atoms with van der Waals surface area (Å²) in [5, 5.41) is 11.0. The van der Waals surface area contributed by atoms with Crippen LogP contribution in [-0.2, 0) is 0 Å². The fourth-order valence-electron chi connectivity index (χ4n) is 2.13. The van der Waals surface area contributed by atoms with Gasteiger partial charge in [0.25, 0.3) is 0 Å². The van der Waals surface area contributed by atoms with Crippen molar-refractivity contribution in [2.45, 2.75) is 6.42 Å². The number of nitrogens with zero attached hydrogens (tertiary/aromatic N) is 3. The van der Waals surface area contributed by atoms with Gasteiger partial charge in [0.2, 0.25) is 11.7 Å². The zero-order valence-corrected chi connectivity index (χ0v) is 10.2. The molecule has 0 radical (unpaired) electrons. The molecule has 2 N–H and O–H groups in total. The van der Waals surface area contributed by atoms with Crippen molar-refractivity contribution in [1.29, 1.82) is 0 Å². The Balaban J connectivity index is 2.32. The average Bonchev–Trinajstić information content (AvgIpc) is 2.86. The number of methoxy groups -OCH3 is 1. The second-order valence-electron chi connectivity index (χ2n) is 4.29. The van der Waals surface area contributed by atoms with Gasteiger partial charge in [-0.2, -0.15) is 4.98 Å². The van der Waals surface area contributed by atoms with E-state index in [0.29, 0.717) is 30.7 Å². The second kappa shape index (κ2) is 5.18. The van der Waals surface area contributed by atoms with Gasteiger partial charge in [-0.15, -0.1) is 0 Å². The monoisotopic (exact) mass is 252 g/mol. The summed E-state index contributed by atoms with van der Waals surface area (Å²) in [5.74, 6) is 1.12. The molecule has 7 heteroatoms. The molecule has 0 aromatic carbocycles. The first kappa shape index (κ1) is 12.6. The minimum atomic E-state index is -0.419. The van der Waals surface area contributed by atoms with Crippen LogP contribution in [0.1, 0.15) is 6.42 Å². The van der Waals surface area contributed by atoms with E-state index in [1.807, 2.05) is 4.90 Å². The third kappa shape index (κ3) is 2.35. The third-order valence-electron chi connectivity index (χ3n) is 3.15. The van der Waals surface area contributed by atoms with Crippen LogP contribution in [0.15, 0.2) is 12.1 Å². The SMILES string of the molecule is COc1ccc([N+](=O)[O-])c(N2CCC(CN)C2)n1. The van der Waals surface area contributed by atoms with E-state index < -0.39 is 4.92 Å². The first-order valence-electron chi connectivity index (χ1n) is 5.80. The normalized spacial score (nSPS) is 19.0. The number of hydrogen-bond acceptors (Lipinski definition) is 6. The summed E-state index contributed by atoms with van der Waals surface area (Å²) in [6, 6.07) is 2.93. The summed E-state index contributed by atoms with van der Waals surface area (Å²) >= 11 is 0. The number of rotatable bonds is 4. The molecule has 1 aromatic heterocycles. The van der Waals surface area contributed by atoms with Gasteiger partial charge in [0.15, 0.2) is 0 Å². The molecule has 0 bridgehead atoms. The van der Waals surface area contributed by atoms with E-state index in [-0.39, 0.29) is 5.69 Å². The van der Waals surface area contributed by atoms with E-state index in [1.165, 1.54) is 19.2 Å². The molecule has 98 valence electrons. The molecule has 1 fully saturated rings. The smallest absolute Gasteiger partial charge is 0.311 e. The fraction of sp³-hybridized carbons (Fsp3) is 0.545. The lowest BCUT2D eigenvalue weighted by atomic mass is 10.1. The molecule has 0 amide bonds. The lowest BCUT2D eigenvalue weighted by Crippen LogP contribution is -2.24. The molecular weight excluding hydrogens is 236 g/mol. The quantitative estimate of drug-likeness (QED) is 0.628. The highest BCUT2D eigenvalue weighted by molar-refractivity contribution is 5.59. The lowest BCUT2D eigenvalue weighted by Gasteiger charge is -2.17. The zero-order valence-electron chi connectivity index (χ0n) is 10.2. The molecule has 1 aliphatic rings. The van der Waals surface area contributed by atoms with Crippen LogP contribution >= 0.6 is 0 Å². The Morgan fingerprint density at radius 1 is 1.67 bits per heavy atom. The molecule has 1 saturated heterocycles. The molecule has 1 aromatic rings. The summed E-state index contributed by atoms with van der Waals surface area (Å²) in [7, 11) is 1.49. The number of nitrogens with two attached hydrogens (primary N) is 1. The Morgan fingerprint density at radius 3 is 3.00 bits per heavy atom. The number of pyridine rings is 1. The van der Waals surface area contributed by atoms with E-state index >= 15 is 0 Å². The predicted molar refractivity (Wildman–Crippen MR) is 66.8 cm³/mol. The van der Waals surface area contributed by atoms with Gasteiger partial charge in [-0.3, -0.25) is 10.1 Å². The van der Waals surface area contributed by atoms with Crippen LogP contribution in [0.5, 0.6) is 5.88 Å². The van der Waals surface area contributed by atoms with Crippen LogP contribution in [0, 0.1) is 16.0 Å². The standard InChI is InChI=1S/C11H16N4O3/c1-18-10-3-2-9(15(16)17)11(13-10)14-5-4-8(6-12)7-14/h2-3,8H,4-7,12H2,1H3. The van der Waals surface area contributed by atoms with Crippen LogP contribution in [0.2, 0.25) is 0 Å². The molecule has 0 aliphatic carbocycles. The van der Waals surface area contributed by atoms with E-state index in [9.17, 15) is 10.1 Å². The van der Waals surface area contributed by atoms with Gasteiger partial charge in [0, 0.05) is 25.2 Å². The summed E-state index contributed by atoms with van der Waals surface area (Å²) < 4.78 is 5.02. The fourth-order valence-corrected chi connectivity index (χ4v) is 2.13. The number of hydrogen-bond donors (Lipinski definition) is 1. The summed E-state index contributed by atoms with van der Waals surface area (Å²) in [5.41, 5.74) is 5.63. The van der Waals surface area contributed by atoms with Crippen molar-refractivity contribution in [1.82, 2.24) is 4.98 Å². The molecule has 2 heterocycles. The van der Waals surface area contributed by atoms with Crippen molar-refractivity contribution in [3.63, 3.8) is 0 Å². The average molecular weight is 252 g/mol. The summed E-state index contributed by atoms with van der Waals surface area (Å²) in [6.45, 7) is 2.04. The predicted octanol–water partition coefficient (Wildman–Crippen LogP) is 0.783. The van der Waals surface area contributed by atoms with E-state index in [1.54, 1.807) is 0 Å². The molecule has 1 aliphatic heterocycles. The summed E-state index contributed by atoms with van der Waals surface area (Å²) in [6.07, 6.45) is 0.937. The van der Waals surface area contributed by atoms with Crippen molar-refractivity contribution in [3.8, 4) is 5.88 Å². The first-order valence-corrected chi connectivity index (χ1v) is 5.80. The van der Waals surface area contributed by atoms with E-state index in [4.69, 9.17) is 10.5 Å². The van der Waals surface area contributed by atoms with Crippen LogP contribution in [0.25, 0.3) is 0 Å². The topological polar surface area (TPSA) is 94.5 Å². The van der Waals surface area contributed by atoms with Crippen LogP contribution < -0.4 is 15.4 Å². The number of anilines is 1. The Hall–Kier alpha value is -1.89. The van der Waals surface area contributed by atoms with Gasteiger partial charge in [-0.25, -0.2) is 0 Å². The van der Waals surface area contributed by atoms with Crippen molar-refractivity contribution >= 4 is 11.5 Å². The molecule has 7 nitrogen and oxygen atoms in total. The van der Waals surface area contributed by atoms with Crippen LogP contribution in [0.3, 0.4) is 0 Å². The zero-order chi connectivity index (χ0) is 13.1. The third-order valence-corrected chi connectivity index (χ3v) is 3.15. The van der Waals surface area contributed by atoms with Gasteiger partial charge < -0.3 is 15.4 Å². The maximum atomic E-state index is 11.0. The molecule has 2 rings (SSSR count). The maximum absolute atomic E-state index is 11.0. The lowest BCUT2D eigenvalue weighted by molar-refractivity contribution is -0.384. The second-order valence-corrected chi connectivity index (χ2v) is 4.29. The maximum Gasteiger partial charge on any atom is 0.311 e. The van der Waals surface area contributed by atoms with Gasteiger partial charge >= 0.3 is 5.69 Å². The summed E-state index contributed by atoms with van der Waals surface area (Å²) in [4.78, 5) is 16.7. The Labute approximate surface area is 105 Å². The molecule has 0 spiro atoms. The molecule has 0 saturated carbocycles. The first-order chi connectivity index (χ1) is 8.65. The highest BCUT2D eigenvalue weighted by Gasteiger charge is 2.28. The highest BCUT2D eigenvalue weighted by Crippen LogP contribution is 2.31. The minimum Gasteiger partial charge on any atom is -0.481 e. The molecule has 1 unspecified atom stereocenters. The minimum absolute atomic E-state index is 0.00784. The van der Waals surface area contributed by atoms with Crippen LogP contribution in [-0.4, -0.2) is 36.7 Å². The van der Waals surface area contributed by atoms with Gasteiger partial charge in [-0.05, 0) is 18.9 Å². The van der Waals surface area contributed by atoms with Crippen molar-refractivity contribution in [3.05, 3.63) is 22.2 Å². The van der Waals surface area contributed by atoms with E-state index in [0.717, 1.165) is 13.0 Å². The number of nitro groups is 1. The van der Waals surface area contributed by atoms with E-state index in [2.05, 4.69) is 4.98 Å². The highest BCUT2D eigenvalue weighted by atomic mass is 16.6.